The fourth-order valence-electron chi connectivity index (χ4n) is 5.03. The van der Waals surface area contributed by atoms with E-state index in [1.165, 1.54) is 6.07 Å². The summed E-state index contributed by atoms with van der Waals surface area (Å²) in [5.74, 6) is 1.51. The van der Waals surface area contributed by atoms with Crippen molar-refractivity contribution in [3.63, 3.8) is 0 Å². The van der Waals surface area contributed by atoms with Crippen LogP contribution in [0.1, 0.15) is 24.1 Å². The van der Waals surface area contributed by atoms with E-state index in [1.54, 1.807) is 43.6 Å². The van der Waals surface area contributed by atoms with Crippen molar-refractivity contribution in [3.8, 4) is 22.9 Å². The molecule has 0 bridgehead atoms. The van der Waals surface area contributed by atoms with Crippen molar-refractivity contribution in [1.82, 2.24) is 25.3 Å². The van der Waals surface area contributed by atoms with Crippen LogP contribution in [0.2, 0.25) is 0 Å². The van der Waals surface area contributed by atoms with Gasteiger partial charge in [-0.05, 0) is 75.2 Å². The summed E-state index contributed by atoms with van der Waals surface area (Å²) in [4.78, 5) is 17.9. The molecule has 5 aromatic rings. The lowest BCUT2D eigenvalue weighted by molar-refractivity contribution is 0.466. The summed E-state index contributed by atoms with van der Waals surface area (Å²) in [6, 6.07) is 19.9. The normalized spacial score (nSPS) is 15.3. The molecule has 1 unspecified atom stereocenters. The number of rotatable bonds is 8. The Morgan fingerprint density at radius 2 is 1.79 bits per heavy atom. The van der Waals surface area contributed by atoms with E-state index in [0.717, 1.165) is 36.9 Å². The largest absolute Gasteiger partial charge is 0.437 e. The fourth-order valence-corrected chi connectivity index (χ4v) is 6.12. The molecule has 10 nitrogen and oxygen atoms in total. The first-order valence-corrected chi connectivity index (χ1v) is 15.3. The number of hydrogen-bond donors (Lipinski definition) is 3. The molecule has 1 aliphatic heterocycles. The fraction of sp³-hybridized carbons (Fsp3) is 0.226. The zero-order valence-corrected chi connectivity index (χ0v) is 24.1. The zero-order valence-electron chi connectivity index (χ0n) is 23.3. The van der Waals surface area contributed by atoms with E-state index in [-0.39, 0.29) is 11.1 Å². The van der Waals surface area contributed by atoms with Crippen LogP contribution in [0.5, 0.6) is 11.6 Å². The number of ether oxygens (including phenoxy) is 1. The van der Waals surface area contributed by atoms with Crippen LogP contribution in [0.15, 0.2) is 84.1 Å². The second-order valence-electron chi connectivity index (χ2n) is 10.2. The minimum absolute atomic E-state index is 0.0420. The molecule has 1 aliphatic rings. The van der Waals surface area contributed by atoms with Crippen molar-refractivity contribution in [2.45, 2.75) is 37.8 Å². The molecule has 214 valence electrons. The molecular weight excluding hydrogens is 550 g/mol. The smallest absolute Gasteiger partial charge is 0.279 e. The van der Waals surface area contributed by atoms with Crippen LogP contribution in [0.25, 0.3) is 22.0 Å². The zero-order chi connectivity index (χ0) is 29.1. The number of fused-ring (bicyclic) bond motifs is 1. The van der Waals surface area contributed by atoms with Gasteiger partial charge < -0.3 is 15.4 Å². The second-order valence-corrected chi connectivity index (χ2v) is 11.9. The van der Waals surface area contributed by atoms with E-state index < -0.39 is 10.0 Å². The number of aryl methyl sites for hydroxylation is 2. The van der Waals surface area contributed by atoms with Crippen molar-refractivity contribution >= 4 is 32.4 Å². The summed E-state index contributed by atoms with van der Waals surface area (Å²) < 4.78 is 35.5. The summed E-state index contributed by atoms with van der Waals surface area (Å²) in [5, 5.41) is 8.20. The third-order valence-corrected chi connectivity index (χ3v) is 8.39. The first-order chi connectivity index (χ1) is 20.4. The van der Waals surface area contributed by atoms with Gasteiger partial charge in [-0.25, -0.2) is 19.9 Å². The molecular formula is C31H31N7O3S. The molecule has 0 radical (unpaired) electrons. The van der Waals surface area contributed by atoms with Gasteiger partial charge in [-0.1, -0.05) is 30.3 Å². The van der Waals surface area contributed by atoms with Crippen molar-refractivity contribution in [2.75, 3.05) is 23.1 Å². The first-order valence-electron chi connectivity index (χ1n) is 13.8. The Kier molecular flexibility index (Phi) is 7.68. The minimum Gasteiger partial charge on any atom is -0.437 e. The molecule has 2 aromatic carbocycles. The number of aromatic nitrogens is 4. The average molecular weight is 582 g/mol. The number of nitrogens with zero attached hydrogens (tertiary/aromatic N) is 4. The van der Waals surface area contributed by atoms with Crippen LogP contribution in [0.4, 0.5) is 11.6 Å². The molecule has 0 aliphatic carbocycles. The van der Waals surface area contributed by atoms with Crippen molar-refractivity contribution < 1.29 is 13.2 Å². The van der Waals surface area contributed by atoms with E-state index >= 15 is 0 Å². The molecule has 0 saturated carbocycles. The van der Waals surface area contributed by atoms with Crippen molar-refractivity contribution in [2.24, 2.45) is 0 Å². The highest BCUT2D eigenvalue weighted by Crippen LogP contribution is 2.39. The molecule has 0 amide bonds. The quantitative estimate of drug-likeness (QED) is 0.219. The van der Waals surface area contributed by atoms with Gasteiger partial charge in [-0.15, -0.1) is 0 Å². The Hall–Kier alpha value is -4.61. The third kappa shape index (κ3) is 5.88. The predicted molar refractivity (Wildman–Crippen MR) is 163 cm³/mol. The number of piperidine rings is 1. The van der Waals surface area contributed by atoms with Gasteiger partial charge in [0, 0.05) is 41.4 Å². The Morgan fingerprint density at radius 1 is 0.905 bits per heavy atom. The number of sulfonamides is 1. The van der Waals surface area contributed by atoms with Gasteiger partial charge in [0.2, 0.25) is 11.8 Å². The lowest BCUT2D eigenvalue weighted by Gasteiger charge is -2.23. The average Bonchev–Trinajstić information content (AvgIpc) is 2.99. The molecule has 0 spiro atoms. The van der Waals surface area contributed by atoms with Crippen molar-refractivity contribution in [1.29, 1.82) is 0 Å². The van der Waals surface area contributed by atoms with Gasteiger partial charge in [-0.2, -0.15) is 8.42 Å². The monoisotopic (exact) mass is 581 g/mol. The minimum atomic E-state index is -3.91. The van der Waals surface area contributed by atoms with Gasteiger partial charge in [0.05, 0.1) is 16.9 Å². The molecule has 1 fully saturated rings. The molecule has 6 rings (SSSR count). The molecule has 11 heteroatoms. The standard InChI is InChI=1S/C31H31N7O3S/c1-20-13-14-23-24(9-4-11-27(23)38-42(39,40)28-12-3-7-21(2)35-28)29(20)41-30-25(10-6-17-33-30)26-15-18-34-31(37-26)36-22-8-5-16-32-19-22/h3-4,6-7,9-15,17-18,22,32,38H,5,8,16,19H2,1-2H3,(H,34,36,37). The van der Waals surface area contributed by atoms with Crippen LogP contribution in [0, 0.1) is 13.8 Å². The summed E-state index contributed by atoms with van der Waals surface area (Å²) in [5.41, 5.74) is 3.30. The van der Waals surface area contributed by atoms with Gasteiger partial charge >= 0.3 is 0 Å². The maximum Gasteiger partial charge on any atom is 0.279 e. The molecule has 4 heterocycles. The second kappa shape index (κ2) is 11.7. The number of nitrogens with one attached hydrogen (secondary N) is 3. The van der Waals surface area contributed by atoms with E-state index in [9.17, 15) is 8.42 Å². The predicted octanol–water partition coefficient (Wildman–Crippen LogP) is 5.46. The summed E-state index contributed by atoms with van der Waals surface area (Å²) in [6.45, 7) is 5.59. The highest BCUT2D eigenvalue weighted by Gasteiger charge is 2.20. The van der Waals surface area contributed by atoms with Crippen molar-refractivity contribution in [3.05, 3.63) is 90.4 Å². The summed E-state index contributed by atoms with van der Waals surface area (Å²) in [7, 11) is -3.91. The van der Waals surface area contributed by atoms with Crippen LogP contribution < -0.4 is 20.1 Å². The van der Waals surface area contributed by atoms with Crippen LogP contribution >= 0.6 is 0 Å². The Balaban J connectivity index is 1.33. The maximum atomic E-state index is 13.2. The molecule has 1 atom stereocenters. The van der Waals surface area contributed by atoms with E-state index in [2.05, 4.69) is 30.3 Å². The molecule has 42 heavy (non-hydrogen) atoms. The number of hydrogen-bond acceptors (Lipinski definition) is 9. The van der Waals surface area contributed by atoms with Crippen LogP contribution in [-0.4, -0.2) is 47.5 Å². The first kappa shape index (κ1) is 27.6. The lowest BCUT2D eigenvalue weighted by Crippen LogP contribution is -2.38. The van der Waals surface area contributed by atoms with Crippen LogP contribution in [-0.2, 0) is 10.0 Å². The topological polar surface area (TPSA) is 131 Å². The molecule has 3 aromatic heterocycles. The van der Waals surface area contributed by atoms with Crippen LogP contribution in [0.3, 0.4) is 0 Å². The van der Waals surface area contributed by atoms with E-state index in [0.29, 0.717) is 45.6 Å². The Bertz CT molecular complexity index is 1860. The third-order valence-electron chi connectivity index (χ3n) is 7.12. The number of anilines is 2. The van der Waals surface area contributed by atoms with Gasteiger partial charge in [0.15, 0.2) is 5.03 Å². The SMILES string of the molecule is Cc1cccc(S(=O)(=O)Nc2cccc3c(Oc4ncccc4-c4ccnc(NC5CCCNC5)n4)c(C)ccc23)n1. The summed E-state index contributed by atoms with van der Waals surface area (Å²) >= 11 is 0. The number of pyridine rings is 2. The van der Waals surface area contributed by atoms with E-state index in [1.807, 2.05) is 43.3 Å². The molecule has 3 N–H and O–H groups in total. The highest BCUT2D eigenvalue weighted by atomic mass is 32.2. The summed E-state index contributed by atoms with van der Waals surface area (Å²) in [6.07, 6.45) is 5.56. The van der Waals surface area contributed by atoms with Gasteiger partial charge in [-0.3, -0.25) is 4.72 Å². The highest BCUT2D eigenvalue weighted by molar-refractivity contribution is 7.92. The maximum absolute atomic E-state index is 13.2. The van der Waals surface area contributed by atoms with Gasteiger partial charge in [0.1, 0.15) is 5.75 Å². The van der Waals surface area contributed by atoms with Gasteiger partial charge in [0.25, 0.3) is 10.0 Å². The Labute approximate surface area is 244 Å². The number of benzene rings is 2. The Morgan fingerprint density at radius 3 is 2.62 bits per heavy atom. The van der Waals surface area contributed by atoms with E-state index in [4.69, 9.17) is 9.72 Å². The molecule has 1 saturated heterocycles. The lowest BCUT2D eigenvalue weighted by atomic mass is 10.0.